The lowest BCUT2D eigenvalue weighted by molar-refractivity contribution is -0.124. The van der Waals surface area contributed by atoms with Crippen molar-refractivity contribution in [1.29, 1.82) is 0 Å². The van der Waals surface area contributed by atoms with Gasteiger partial charge in [0, 0.05) is 36.9 Å². The van der Waals surface area contributed by atoms with Gasteiger partial charge in [0.15, 0.2) is 11.0 Å². The van der Waals surface area contributed by atoms with Crippen molar-refractivity contribution in [2.24, 2.45) is 5.73 Å². The molecule has 0 aromatic heterocycles. The van der Waals surface area contributed by atoms with E-state index in [2.05, 4.69) is 17.2 Å². The number of carbonyl (C=O) groups is 3. The smallest absolute Gasteiger partial charge is 0.276 e. The number of unbranched alkanes of at least 4 members (excludes halogenated alkanes) is 2. The monoisotopic (exact) mass is 525 g/mol. The maximum Gasteiger partial charge on any atom is 0.276 e. The minimum absolute atomic E-state index is 0.156. The highest BCUT2D eigenvalue weighted by Crippen LogP contribution is 2.26. The Morgan fingerprint density at radius 2 is 1.62 bits per heavy atom. The van der Waals surface area contributed by atoms with Crippen molar-refractivity contribution in [3.05, 3.63) is 65.2 Å². The number of rotatable bonds is 12. The van der Waals surface area contributed by atoms with Crippen LogP contribution in [0.3, 0.4) is 0 Å². The first-order valence-corrected chi connectivity index (χ1v) is 13.7. The number of fused-ring (bicyclic) bond motifs is 2. The van der Waals surface area contributed by atoms with Gasteiger partial charge < -0.3 is 16.0 Å². The molecule has 9 nitrogen and oxygen atoms in total. The normalized spacial score (nSPS) is 13.2. The minimum Gasteiger partial charge on any atom is -0.354 e. The third-order valence-corrected chi connectivity index (χ3v) is 7.22. The molecule has 1 heterocycles. The van der Waals surface area contributed by atoms with Crippen LogP contribution >= 0.6 is 0 Å². The summed E-state index contributed by atoms with van der Waals surface area (Å²) in [4.78, 5) is 39.6. The number of anilines is 1. The van der Waals surface area contributed by atoms with E-state index in [9.17, 15) is 27.4 Å². The first-order chi connectivity index (χ1) is 17.7. The fourth-order valence-electron chi connectivity index (χ4n) is 4.02. The molecule has 0 saturated heterocycles. The lowest BCUT2D eigenvalue weighted by Gasteiger charge is -2.26. The SMILES string of the molecule is NCCCCCC(=O)NCC(C(=O)CCC(=O)N1Cc2ccccc2C#Cc2ccccc21)S(=O)(=O)O. The molecule has 2 amide bonds. The zero-order valence-corrected chi connectivity index (χ0v) is 21.3. The summed E-state index contributed by atoms with van der Waals surface area (Å²) in [5, 5.41) is 0.549. The second kappa shape index (κ2) is 13.1. The van der Waals surface area contributed by atoms with Crippen LogP contribution in [0.2, 0.25) is 0 Å². The molecule has 0 bridgehead atoms. The van der Waals surface area contributed by atoms with Gasteiger partial charge in [-0.25, -0.2) is 0 Å². The summed E-state index contributed by atoms with van der Waals surface area (Å²) >= 11 is 0. The van der Waals surface area contributed by atoms with Gasteiger partial charge in [0.25, 0.3) is 10.1 Å². The Morgan fingerprint density at radius 3 is 2.35 bits per heavy atom. The largest absolute Gasteiger partial charge is 0.354 e. The fraction of sp³-hybridized carbons (Fsp3) is 0.370. The Labute approximate surface area is 217 Å². The molecule has 0 spiro atoms. The molecule has 37 heavy (non-hydrogen) atoms. The van der Waals surface area contributed by atoms with Crippen LogP contribution in [0, 0.1) is 11.8 Å². The van der Waals surface area contributed by atoms with Gasteiger partial charge >= 0.3 is 0 Å². The lowest BCUT2D eigenvalue weighted by atomic mass is 10.0. The molecule has 2 aromatic rings. The molecule has 0 aliphatic carbocycles. The van der Waals surface area contributed by atoms with Gasteiger partial charge in [-0.1, -0.05) is 48.6 Å². The highest BCUT2D eigenvalue weighted by Gasteiger charge is 2.32. The van der Waals surface area contributed by atoms with E-state index < -0.39 is 45.9 Å². The van der Waals surface area contributed by atoms with Crippen LogP contribution in [0.15, 0.2) is 48.5 Å². The Kier molecular flexibility index (Phi) is 9.97. The molecule has 196 valence electrons. The average Bonchev–Trinajstić information content (AvgIpc) is 2.86. The molecule has 1 unspecified atom stereocenters. The molecule has 0 fully saturated rings. The Balaban J connectivity index is 1.68. The summed E-state index contributed by atoms with van der Waals surface area (Å²) < 4.78 is 33.4. The van der Waals surface area contributed by atoms with Crippen molar-refractivity contribution in [2.75, 3.05) is 18.0 Å². The highest BCUT2D eigenvalue weighted by atomic mass is 32.2. The average molecular weight is 526 g/mol. The maximum absolute atomic E-state index is 13.3. The Morgan fingerprint density at radius 1 is 0.946 bits per heavy atom. The molecular weight excluding hydrogens is 494 g/mol. The van der Waals surface area contributed by atoms with E-state index in [1.807, 2.05) is 30.3 Å². The van der Waals surface area contributed by atoms with Crippen molar-refractivity contribution in [3.63, 3.8) is 0 Å². The highest BCUT2D eigenvalue weighted by molar-refractivity contribution is 7.87. The fourth-order valence-corrected chi connectivity index (χ4v) is 4.76. The van der Waals surface area contributed by atoms with Crippen molar-refractivity contribution in [1.82, 2.24) is 5.32 Å². The van der Waals surface area contributed by atoms with E-state index in [1.165, 1.54) is 4.90 Å². The van der Waals surface area contributed by atoms with E-state index in [0.717, 1.165) is 24.0 Å². The molecule has 1 atom stereocenters. The number of para-hydroxylation sites is 1. The number of benzene rings is 2. The van der Waals surface area contributed by atoms with Crippen LogP contribution in [0.5, 0.6) is 0 Å². The molecular formula is C27H31N3O6S. The zero-order chi connectivity index (χ0) is 26.8. The summed E-state index contributed by atoms with van der Waals surface area (Å²) in [5.41, 5.74) is 8.29. The van der Waals surface area contributed by atoms with Crippen LogP contribution in [-0.2, 0) is 31.0 Å². The molecule has 4 N–H and O–H groups in total. The third kappa shape index (κ3) is 7.98. The number of ketones is 1. The van der Waals surface area contributed by atoms with Gasteiger partial charge in [0.2, 0.25) is 11.8 Å². The maximum atomic E-state index is 13.3. The summed E-state index contributed by atoms with van der Waals surface area (Å²) in [6.07, 6.45) is 1.56. The number of nitrogens with one attached hydrogen (secondary N) is 1. The molecule has 10 heteroatoms. The lowest BCUT2D eigenvalue weighted by Crippen LogP contribution is -2.42. The van der Waals surface area contributed by atoms with Gasteiger partial charge in [-0.3, -0.25) is 18.9 Å². The number of amides is 2. The van der Waals surface area contributed by atoms with Crippen molar-refractivity contribution < 1.29 is 27.4 Å². The summed E-state index contributed by atoms with van der Waals surface area (Å²) in [7, 11) is -4.78. The molecule has 2 aromatic carbocycles. The van der Waals surface area contributed by atoms with Crippen LogP contribution in [0.4, 0.5) is 5.69 Å². The molecule has 3 rings (SSSR count). The van der Waals surface area contributed by atoms with Crippen LogP contribution in [0.1, 0.15) is 55.2 Å². The van der Waals surface area contributed by atoms with Gasteiger partial charge in [0.1, 0.15) is 0 Å². The zero-order valence-electron chi connectivity index (χ0n) is 20.5. The first kappa shape index (κ1) is 28.1. The standard InChI is InChI=1S/C27H31N3O6S/c28-17-7-1-2-12-26(32)29-18-25(37(34,35)36)24(31)15-16-27(33)30-19-22-10-4-3-8-20(22)13-14-21-9-5-6-11-23(21)30/h3-6,8-11,25H,1-2,7,12,15-19,28H2,(H,29,32)(H,34,35,36). The summed E-state index contributed by atoms with van der Waals surface area (Å²) in [6.45, 7) is 0.191. The molecule has 0 saturated carbocycles. The van der Waals surface area contributed by atoms with Crippen molar-refractivity contribution in [2.45, 2.75) is 50.3 Å². The predicted molar refractivity (Wildman–Crippen MR) is 140 cm³/mol. The summed E-state index contributed by atoms with van der Waals surface area (Å²) in [5.74, 6) is 4.55. The van der Waals surface area contributed by atoms with Gasteiger partial charge in [-0.2, -0.15) is 8.42 Å². The van der Waals surface area contributed by atoms with E-state index in [0.29, 0.717) is 24.2 Å². The summed E-state index contributed by atoms with van der Waals surface area (Å²) in [6, 6.07) is 14.6. The number of carbonyl (C=O) groups excluding carboxylic acids is 3. The van der Waals surface area contributed by atoms with E-state index in [-0.39, 0.29) is 19.4 Å². The first-order valence-electron chi connectivity index (χ1n) is 12.2. The molecule has 1 aliphatic heterocycles. The molecule has 0 radical (unpaired) electrons. The molecule has 1 aliphatic rings. The van der Waals surface area contributed by atoms with Crippen molar-refractivity contribution in [3.8, 4) is 11.8 Å². The number of hydrogen-bond acceptors (Lipinski definition) is 6. The van der Waals surface area contributed by atoms with Crippen LogP contribution in [0.25, 0.3) is 0 Å². The van der Waals surface area contributed by atoms with E-state index in [1.54, 1.807) is 18.2 Å². The quantitative estimate of drug-likeness (QED) is 0.219. The van der Waals surface area contributed by atoms with Gasteiger partial charge in [-0.05, 0) is 43.1 Å². The second-order valence-electron chi connectivity index (χ2n) is 8.78. The number of Topliss-reactive ketones (excluding diaryl/α,β-unsaturated/α-hetero) is 1. The Hall–Kier alpha value is -3.52. The van der Waals surface area contributed by atoms with Crippen LogP contribution < -0.4 is 16.0 Å². The van der Waals surface area contributed by atoms with Gasteiger partial charge in [0.05, 0.1) is 12.2 Å². The number of hydrogen-bond donors (Lipinski definition) is 3. The third-order valence-electron chi connectivity index (χ3n) is 6.07. The second-order valence-corrected chi connectivity index (χ2v) is 10.4. The minimum atomic E-state index is -4.78. The van der Waals surface area contributed by atoms with E-state index in [4.69, 9.17) is 5.73 Å². The predicted octanol–water partition coefficient (Wildman–Crippen LogP) is 2.17. The Bertz CT molecular complexity index is 1310. The van der Waals surface area contributed by atoms with Gasteiger partial charge in [-0.15, -0.1) is 0 Å². The van der Waals surface area contributed by atoms with Crippen LogP contribution in [-0.4, -0.2) is 48.9 Å². The number of nitrogens with zero attached hydrogens (tertiary/aromatic N) is 1. The van der Waals surface area contributed by atoms with Crippen molar-refractivity contribution >= 4 is 33.4 Å². The van der Waals surface area contributed by atoms with E-state index >= 15 is 0 Å². The number of nitrogens with two attached hydrogens (primary N) is 1. The topological polar surface area (TPSA) is 147 Å².